The summed E-state index contributed by atoms with van der Waals surface area (Å²) in [6.07, 6.45) is 0. The van der Waals surface area contributed by atoms with Gasteiger partial charge in [0.2, 0.25) is 5.43 Å². The van der Waals surface area contributed by atoms with Gasteiger partial charge in [0.1, 0.15) is 17.1 Å². The maximum absolute atomic E-state index is 14.1. The second-order valence-electron chi connectivity index (χ2n) is 6.32. The number of halogens is 1. The Kier molecular flexibility index (Phi) is 4.52. The smallest absolute Gasteiger partial charge is 0.336 e. The van der Waals surface area contributed by atoms with Crippen LogP contribution in [-0.2, 0) is 0 Å². The molecule has 1 N–H and O–H groups in total. The third kappa shape index (κ3) is 3.55. The molecule has 29 heavy (non-hydrogen) atoms. The van der Waals surface area contributed by atoms with Gasteiger partial charge in [-0.25, -0.2) is 13.9 Å². The number of rotatable bonds is 3. The number of fused-ring (bicyclic) bond motifs is 1. The van der Waals surface area contributed by atoms with E-state index in [0.717, 1.165) is 0 Å². The van der Waals surface area contributed by atoms with E-state index >= 15 is 0 Å². The van der Waals surface area contributed by atoms with Gasteiger partial charge in [0, 0.05) is 28.9 Å². The third-order valence-electron chi connectivity index (χ3n) is 4.28. The fourth-order valence-corrected chi connectivity index (χ4v) is 2.91. The number of amides is 1. The Labute approximate surface area is 163 Å². The lowest BCUT2D eigenvalue weighted by Crippen LogP contribution is -2.27. The number of anilines is 1. The minimum atomic E-state index is -0.739. The van der Waals surface area contributed by atoms with E-state index in [4.69, 9.17) is 4.42 Å². The number of aromatic nitrogens is 2. The highest BCUT2D eigenvalue weighted by Gasteiger charge is 2.17. The summed E-state index contributed by atoms with van der Waals surface area (Å²) in [6, 6.07) is 14.6. The van der Waals surface area contributed by atoms with Gasteiger partial charge in [-0.15, -0.1) is 0 Å². The number of nitrogens with zero attached hydrogens (tertiary/aromatic N) is 2. The lowest BCUT2D eigenvalue weighted by molar-refractivity contribution is 0.101. The van der Waals surface area contributed by atoms with Crippen LogP contribution in [0.15, 0.2) is 74.7 Å². The van der Waals surface area contributed by atoms with Gasteiger partial charge in [0.15, 0.2) is 5.69 Å². The van der Waals surface area contributed by atoms with Crippen LogP contribution in [0.3, 0.4) is 0 Å². The van der Waals surface area contributed by atoms with Gasteiger partial charge in [-0.05, 0) is 43.3 Å². The Bertz CT molecular complexity index is 1370. The minimum Gasteiger partial charge on any atom is -0.423 e. The van der Waals surface area contributed by atoms with Crippen molar-refractivity contribution in [2.45, 2.75) is 6.92 Å². The monoisotopic (exact) mass is 391 g/mol. The van der Waals surface area contributed by atoms with Crippen LogP contribution in [0.25, 0.3) is 16.7 Å². The van der Waals surface area contributed by atoms with E-state index in [-0.39, 0.29) is 11.4 Å². The molecule has 0 atom stereocenters. The molecule has 4 rings (SSSR count). The van der Waals surface area contributed by atoms with Crippen molar-refractivity contribution in [3.8, 4) is 5.69 Å². The molecule has 0 aliphatic rings. The molecule has 144 valence electrons. The number of hydrogen-bond acceptors (Lipinski definition) is 5. The molecule has 4 aromatic rings. The zero-order valence-corrected chi connectivity index (χ0v) is 15.2. The Morgan fingerprint density at radius 1 is 1.07 bits per heavy atom. The summed E-state index contributed by atoms with van der Waals surface area (Å²) in [6.45, 7) is 1.60. The van der Waals surface area contributed by atoms with Gasteiger partial charge >= 0.3 is 5.63 Å². The maximum Gasteiger partial charge on any atom is 0.336 e. The lowest BCUT2D eigenvalue weighted by atomic mass is 10.2. The molecule has 0 saturated carbocycles. The Morgan fingerprint density at radius 2 is 1.86 bits per heavy atom. The molecule has 8 heteroatoms. The first-order valence-electron chi connectivity index (χ1n) is 8.63. The number of aryl methyl sites for hydroxylation is 1. The Balaban J connectivity index is 1.71. The molecule has 1 amide bonds. The van der Waals surface area contributed by atoms with E-state index in [9.17, 15) is 18.8 Å². The summed E-state index contributed by atoms with van der Waals surface area (Å²) in [5.41, 5.74) is -0.177. The molecule has 0 bridgehead atoms. The van der Waals surface area contributed by atoms with Gasteiger partial charge < -0.3 is 9.73 Å². The first-order chi connectivity index (χ1) is 13.9. The molecule has 2 heterocycles. The Hall–Kier alpha value is -4.07. The number of carbonyl (C=O) groups is 1. The Morgan fingerprint density at radius 3 is 2.66 bits per heavy atom. The van der Waals surface area contributed by atoms with Gasteiger partial charge in [0.05, 0.1) is 0 Å². The molecule has 0 aliphatic heterocycles. The minimum absolute atomic E-state index is 0.125. The number of nitrogens with one attached hydrogen (secondary N) is 1. The van der Waals surface area contributed by atoms with Crippen LogP contribution in [-0.4, -0.2) is 15.7 Å². The largest absolute Gasteiger partial charge is 0.423 e. The topological polar surface area (TPSA) is 94.2 Å². The molecular formula is C21H14FN3O4. The number of benzene rings is 2. The molecule has 0 aliphatic carbocycles. The highest BCUT2D eigenvalue weighted by molar-refractivity contribution is 6.03. The SMILES string of the molecule is Cc1cc(=O)c(C(=O)Nc2ccc3oc(=O)ccc3c2)nn1-c1ccccc1F. The van der Waals surface area contributed by atoms with Crippen molar-refractivity contribution in [1.82, 2.24) is 9.78 Å². The second kappa shape index (κ2) is 7.16. The highest BCUT2D eigenvalue weighted by Crippen LogP contribution is 2.18. The van der Waals surface area contributed by atoms with Crippen molar-refractivity contribution in [3.63, 3.8) is 0 Å². The van der Waals surface area contributed by atoms with Crippen molar-refractivity contribution in [2.75, 3.05) is 5.32 Å². The summed E-state index contributed by atoms with van der Waals surface area (Å²) in [4.78, 5) is 36.2. The van der Waals surface area contributed by atoms with Crippen LogP contribution in [0.2, 0.25) is 0 Å². The average Bonchev–Trinajstić information content (AvgIpc) is 2.69. The normalized spacial score (nSPS) is 10.8. The van der Waals surface area contributed by atoms with Crippen LogP contribution in [0, 0.1) is 12.7 Å². The van der Waals surface area contributed by atoms with Gasteiger partial charge in [-0.2, -0.15) is 5.10 Å². The lowest BCUT2D eigenvalue weighted by Gasteiger charge is -2.12. The molecule has 0 spiro atoms. The summed E-state index contributed by atoms with van der Waals surface area (Å²) in [5.74, 6) is -1.27. The molecule has 0 saturated heterocycles. The average molecular weight is 391 g/mol. The van der Waals surface area contributed by atoms with Gasteiger partial charge in [-0.3, -0.25) is 9.59 Å². The molecule has 7 nitrogen and oxygen atoms in total. The zero-order chi connectivity index (χ0) is 20.5. The van der Waals surface area contributed by atoms with E-state index < -0.39 is 22.8 Å². The van der Waals surface area contributed by atoms with E-state index in [0.29, 0.717) is 22.4 Å². The quantitative estimate of drug-likeness (QED) is 0.542. The fraction of sp³-hybridized carbons (Fsp3) is 0.0476. The predicted molar refractivity (Wildman–Crippen MR) is 105 cm³/mol. The summed E-state index contributed by atoms with van der Waals surface area (Å²) in [7, 11) is 0. The second-order valence-corrected chi connectivity index (χ2v) is 6.32. The summed E-state index contributed by atoms with van der Waals surface area (Å²) >= 11 is 0. The number of hydrogen-bond donors (Lipinski definition) is 1. The molecule has 2 aromatic carbocycles. The first-order valence-corrected chi connectivity index (χ1v) is 8.63. The van der Waals surface area contributed by atoms with E-state index in [2.05, 4.69) is 10.4 Å². The molecule has 2 aromatic heterocycles. The van der Waals surface area contributed by atoms with Crippen molar-refractivity contribution in [1.29, 1.82) is 0 Å². The molecule has 0 radical (unpaired) electrons. The molecule has 0 fully saturated rings. The molecular weight excluding hydrogens is 377 g/mol. The van der Waals surface area contributed by atoms with Crippen LogP contribution in [0.4, 0.5) is 10.1 Å². The van der Waals surface area contributed by atoms with Gasteiger partial charge in [-0.1, -0.05) is 12.1 Å². The van der Waals surface area contributed by atoms with E-state index in [1.807, 2.05) is 0 Å². The summed E-state index contributed by atoms with van der Waals surface area (Å²) in [5, 5.41) is 7.26. The fourth-order valence-electron chi connectivity index (χ4n) is 2.91. The predicted octanol–water partition coefficient (Wildman–Crippen LogP) is 3.04. The van der Waals surface area contributed by atoms with Gasteiger partial charge in [0.25, 0.3) is 5.91 Å². The van der Waals surface area contributed by atoms with E-state index in [1.165, 1.54) is 47.1 Å². The van der Waals surface area contributed by atoms with Crippen molar-refractivity contribution in [2.24, 2.45) is 0 Å². The number of carbonyl (C=O) groups excluding carboxylic acids is 1. The standard InChI is InChI=1S/C21H14FN3O4/c1-12-10-17(26)20(24-25(12)16-5-3-2-4-15(16)22)21(28)23-14-7-8-18-13(11-14)6-9-19(27)29-18/h2-11H,1H3,(H,23,28). The zero-order valence-electron chi connectivity index (χ0n) is 15.2. The van der Waals surface area contributed by atoms with Crippen LogP contribution in [0.5, 0.6) is 0 Å². The van der Waals surface area contributed by atoms with Crippen LogP contribution in [0.1, 0.15) is 16.2 Å². The number of para-hydroxylation sites is 1. The third-order valence-corrected chi connectivity index (χ3v) is 4.28. The highest BCUT2D eigenvalue weighted by atomic mass is 19.1. The van der Waals surface area contributed by atoms with Crippen LogP contribution >= 0.6 is 0 Å². The summed E-state index contributed by atoms with van der Waals surface area (Å²) < 4.78 is 20.4. The van der Waals surface area contributed by atoms with Crippen molar-refractivity contribution in [3.05, 3.63) is 98.5 Å². The van der Waals surface area contributed by atoms with Crippen LogP contribution < -0.4 is 16.4 Å². The van der Waals surface area contributed by atoms with E-state index in [1.54, 1.807) is 25.1 Å². The van der Waals surface area contributed by atoms with Crippen molar-refractivity contribution < 1.29 is 13.6 Å². The molecule has 0 unspecified atom stereocenters. The maximum atomic E-state index is 14.1. The van der Waals surface area contributed by atoms with Crippen molar-refractivity contribution >= 4 is 22.6 Å². The first kappa shape index (κ1) is 18.3.